The van der Waals surface area contributed by atoms with E-state index in [1.807, 2.05) is 32.0 Å². The Morgan fingerprint density at radius 3 is 2.81 bits per heavy atom. The third kappa shape index (κ3) is 4.03. The van der Waals surface area contributed by atoms with Gasteiger partial charge in [-0.2, -0.15) is 0 Å². The van der Waals surface area contributed by atoms with Gasteiger partial charge in [0.25, 0.3) is 5.22 Å². The zero-order valence-corrected chi connectivity index (χ0v) is 13.2. The first-order valence-corrected chi connectivity index (χ1v) is 7.55. The number of methoxy groups -OCH3 is 1. The number of oxazole rings is 1. The Hall–Kier alpha value is -1.90. The number of hydrogen-bond acceptors (Lipinski definition) is 5. The smallest absolute Gasteiger partial charge is 0.256 e. The number of rotatable bonds is 4. The van der Waals surface area contributed by atoms with Crippen LogP contribution in [0, 0.1) is 25.7 Å². The number of hydrogen-bond donors (Lipinski definition) is 1. The molecule has 0 spiro atoms. The molecule has 0 fully saturated rings. The molecule has 2 aromatic rings. The van der Waals surface area contributed by atoms with Gasteiger partial charge >= 0.3 is 0 Å². The summed E-state index contributed by atoms with van der Waals surface area (Å²) in [6, 6.07) is 5.95. The number of aromatic nitrogens is 1. The number of nitrogens with zero attached hydrogens (tertiary/aromatic N) is 1. The molecule has 0 amide bonds. The Balaban J connectivity index is 2.13. The van der Waals surface area contributed by atoms with Crippen molar-refractivity contribution in [1.29, 1.82) is 0 Å². The normalized spacial score (nSPS) is 10.1. The van der Waals surface area contributed by atoms with E-state index in [9.17, 15) is 0 Å². The first-order chi connectivity index (χ1) is 10.1. The molecule has 21 heavy (non-hydrogen) atoms. The Morgan fingerprint density at radius 1 is 1.38 bits per heavy atom. The van der Waals surface area contributed by atoms with Crippen molar-refractivity contribution in [3.8, 4) is 17.6 Å². The highest BCUT2D eigenvalue weighted by molar-refractivity contribution is 7.98. The van der Waals surface area contributed by atoms with Crippen molar-refractivity contribution in [1.82, 2.24) is 4.98 Å². The predicted octanol–water partition coefficient (Wildman–Crippen LogP) is 2.90. The summed E-state index contributed by atoms with van der Waals surface area (Å²) < 4.78 is 10.9. The van der Waals surface area contributed by atoms with Crippen LogP contribution in [0.3, 0.4) is 0 Å². The number of benzene rings is 1. The van der Waals surface area contributed by atoms with Gasteiger partial charge in [0.05, 0.1) is 24.9 Å². The highest BCUT2D eigenvalue weighted by atomic mass is 32.2. The fourth-order valence-electron chi connectivity index (χ4n) is 1.74. The molecule has 0 saturated carbocycles. The summed E-state index contributed by atoms with van der Waals surface area (Å²) >= 11 is 1.56. The van der Waals surface area contributed by atoms with Crippen LogP contribution in [0.4, 0.5) is 0 Å². The number of thioether (sulfide) groups is 1. The molecule has 0 bridgehead atoms. The molecule has 110 valence electrons. The summed E-state index contributed by atoms with van der Waals surface area (Å²) in [5.74, 6) is 8.26. The minimum atomic E-state index is 0.330. The van der Waals surface area contributed by atoms with E-state index in [1.54, 1.807) is 18.9 Å². The molecule has 0 aliphatic carbocycles. The van der Waals surface area contributed by atoms with Crippen LogP contribution in [0.15, 0.2) is 27.8 Å². The maximum atomic E-state index is 5.56. The van der Waals surface area contributed by atoms with E-state index in [4.69, 9.17) is 14.9 Å². The minimum Gasteiger partial charge on any atom is -0.495 e. The second kappa shape index (κ2) is 7.21. The van der Waals surface area contributed by atoms with Gasteiger partial charge in [-0.1, -0.05) is 29.7 Å². The van der Waals surface area contributed by atoms with Gasteiger partial charge in [0, 0.05) is 5.75 Å². The monoisotopic (exact) mass is 302 g/mol. The van der Waals surface area contributed by atoms with Crippen molar-refractivity contribution in [2.45, 2.75) is 24.8 Å². The quantitative estimate of drug-likeness (QED) is 0.695. The highest BCUT2D eigenvalue weighted by Gasteiger charge is 2.08. The van der Waals surface area contributed by atoms with Crippen molar-refractivity contribution >= 4 is 11.8 Å². The lowest BCUT2D eigenvalue weighted by atomic mass is 10.1. The summed E-state index contributed by atoms with van der Waals surface area (Å²) in [7, 11) is 1.63. The molecule has 0 aliphatic heterocycles. The summed E-state index contributed by atoms with van der Waals surface area (Å²) in [5.41, 5.74) is 8.33. The van der Waals surface area contributed by atoms with E-state index < -0.39 is 0 Å². The Kier molecular flexibility index (Phi) is 5.32. The topological polar surface area (TPSA) is 61.3 Å². The Bertz CT molecular complexity index is 664. The van der Waals surface area contributed by atoms with Crippen LogP contribution in [0.2, 0.25) is 0 Å². The lowest BCUT2D eigenvalue weighted by Crippen LogP contribution is -1.94. The molecule has 0 aliphatic rings. The molecule has 0 atom stereocenters. The van der Waals surface area contributed by atoms with Crippen molar-refractivity contribution in [2.24, 2.45) is 5.73 Å². The molecule has 0 saturated heterocycles. The van der Waals surface area contributed by atoms with Gasteiger partial charge in [0.1, 0.15) is 11.5 Å². The zero-order valence-electron chi connectivity index (χ0n) is 12.4. The van der Waals surface area contributed by atoms with Gasteiger partial charge in [0.2, 0.25) is 0 Å². The van der Waals surface area contributed by atoms with Crippen LogP contribution in [0.25, 0.3) is 0 Å². The third-order valence-corrected chi connectivity index (χ3v) is 3.86. The average Bonchev–Trinajstić information content (AvgIpc) is 2.81. The van der Waals surface area contributed by atoms with Crippen LogP contribution < -0.4 is 10.5 Å². The van der Waals surface area contributed by atoms with Gasteiger partial charge in [-0.15, -0.1) is 0 Å². The Morgan fingerprint density at radius 2 is 2.19 bits per heavy atom. The van der Waals surface area contributed by atoms with E-state index in [-0.39, 0.29) is 0 Å². The minimum absolute atomic E-state index is 0.330. The molecular formula is C16H18N2O2S. The zero-order chi connectivity index (χ0) is 15.2. The lowest BCUT2D eigenvalue weighted by molar-refractivity contribution is 0.413. The fourth-order valence-corrected chi connectivity index (χ4v) is 2.59. The van der Waals surface area contributed by atoms with Crippen LogP contribution in [0.1, 0.15) is 22.6 Å². The highest BCUT2D eigenvalue weighted by Crippen LogP contribution is 2.26. The van der Waals surface area contributed by atoms with Gasteiger partial charge < -0.3 is 14.9 Å². The first-order valence-electron chi connectivity index (χ1n) is 6.56. The molecular weight excluding hydrogens is 284 g/mol. The SMILES string of the molecule is COc1ccc(CSc2nc(C)c(C)o2)cc1C#CCN. The summed E-state index contributed by atoms with van der Waals surface area (Å²) in [4.78, 5) is 4.36. The van der Waals surface area contributed by atoms with Crippen LogP contribution >= 0.6 is 11.8 Å². The van der Waals surface area contributed by atoms with E-state index in [0.717, 1.165) is 34.1 Å². The number of aryl methyl sites for hydroxylation is 2. The van der Waals surface area contributed by atoms with E-state index in [2.05, 4.69) is 16.8 Å². The van der Waals surface area contributed by atoms with E-state index >= 15 is 0 Å². The second-order valence-electron chi connectivity index (χ2n) is 4.45. The van der Waals surface area contributed by atoms with Crippen LogP contribution in [-0.2, 0) is 5.75 Å². The second-order valence-corrected chi connectivity index (χ2v) is 5.38. The number of ether oxygens (including phenoxy) is 1. The van der Waals surface area contributed by atoms with Crippen molar-refractivity contribution in [3.63, 3.8) is 0 Å². The lowest BCUT2D eigenvalue weighted by Gasteiger charge is -2.05. The maximum Gasteiger partial charge on any atom is 0.256 e. The molecule has 1 aromatic carbocycles. The van der Waals surface area contributed by atoms with Crippen LogP contribution in [0.5, 0.6) is 5.75 Å². The number of nitrogens with two attached hydrogens (primary N) is 1. The van der Waals surface area contributed by atoms with E-state index in [1.165, 1.54) is 0 Å². The van der Waals surface area contributed by atoms with Gasteiger partial charge in [0.15, 0.2) is 0 Å². The maximum absolute atomic E-state index is 5.56. The molecule has 1 aromatic heterocycles. The molecule has 2 N–H and O–H groups in total. The molecule has 0 unspecified atom stereocenters. The third-order valence-electron chi connectivity index (χ3n) is 2.96. The molecule has 0 radical (unpaired) electrons. The standard InChI is InChI=1S/C16H18N2O2S/c1-11-12(2)20-16(18-11)21-10-13-6-7-15(19-3)14(9-13)5-4-8-17/h6-7,9H,8,10,17H2,1-3H3. The average molecular weight is 302 g/mol. The van der Waals surface area contributed by atoms with Crippen molar-refractivity contribution < 1.29 is 9.15 Å². The van der Waals surface area contributed by atoms with Crippen molar-refractivity contribution in [3.05, 3.63) is 40.8 Å². The largest absolute Gasteiger partial charge is 0.495 e. The summed E-state index contributed by atoms with van der Waals surface area (Å²) in [5, 5.41) is 0.690. The van der Waals surface area contributed by atoms with Crippen molar-refractivity contribution in [2.75, 3.05) is 13.7 Å². The van der Waals surface area contributed by atoms with Gasteiger partial charge in [-0.25, -0.2) is 4.98 Å². The predicted molar refractivity (Wildman–Crippen MR) is 84.5 cm³/mol. The first kappa shape index (κ1) is 15.5. The van der Waals surface area contributed by atoms with Gasteiger partial charge in [-0.3, -0.25) is 0 Å². The summed E-state index contributed by atoms with van der Waals surface area (Å²) in [6.45, 7) is 4.19. The Labute approximate surface area is 129 Å². The van der Waals surface area contributed by atoms with Gasteiger partial charge in [-0.05, 0) is 31.5 Å². The molecule has 2 rings (SSSR count). The van der Waals surface area contributed by atoms with Crippen LogP contribution in [-0.4, -0.2) is 18.6 Å². The molecule has 4 nitrogen and oxygen atoms in total. The van der Waals surface area contributed by atoms with E-state index in [0.29, 0.717) is 11.8 Å². The fraction of sp³-hybridized carbons (Fsp3) is 0.312. The molecule has 1 heterocycles. The molecule has 5 heteroatoms. The summed E-state index contributed by atoms with van der Waals surface area (Å²) in [6.07, 6.45) is 0.